The van der Waals surface area contributed by atoms with Crippen molar-refractivity contribution in [3.8, 4) is 0 Å². The van der Waals surface area contributed by atoms with Crippen molar-refractivity contribution in [3.63, 3.8) is 0 Å². The molecule has 0 saturated heterocycles. The number of carbonyl (C=O) groups is 1. The van der Waals surface area contributed by atoms with Crippen molar-refractivity contribution in [1.82, 2.24) is 0 Å². The van der Waals surface area contributed by atoms with E-state index in [-0.39, 0.29) is 0 Å². The maximum Gasteiger partial charge on any atom is 0.322 e. The van der Waals surface area contributed by atoms with Crippen LogP contribution in [-0.4, -0.2) is 21.2 Å². The van der Waals surface area contributed by atoms with Crippen molar-refractivity contribution in [2.75, 3.05) is 0 Å². The lowest BCUT2D eigenvalue weighted by molar-refractivity contribution is -0.138. The Kier molecular flexibility index (Phi) is 3.55. The van der Waals surface area contributed by atoms with Crippen molar-refractivity contribution < 1.29 is 9.90 Å². The fraction of sp³-hybridized carbons (Fsp3) is 0.800. The molecule has 0 heterocycles. The molecule has 0 aromatic rings. The van der Waals surface area contributed by atoms with Gasteiger partial charge in [-0.15, -0.1) is 0 Å². The van der Waals surface area contributed by atoms with E-state index in [1.54, 1.807) is 6.92 Å². The number of hydrogen-bond acceptors (Lipinski definition) is 4. The molecule has 1 unspecified atom stereocenters. The molecular weight excluding hydrogens is 170 g/mol. The minimum absolute atomic E-state index is 0.507. The van der Waals surface area contributed by atoms with Crippen LogP contribution in [0.15, 0.2) is 0 Å². The number of rotatable bonds is 3. The molecule has 0 fully saturated rings. The quantitative estimate of drug-likeness (QED) is 0.375. The van der Waals surface area contributed by atoms with Crippen LogP contribution in [0.25, 0.3) is 0 Å². The fourth-order valence-corrected chi connectivity index (χ4v) is 0.639. The molecule has 0 saturated carbocycles. The zero-order chi connectivity index (χ0) is 8.36. The maximum atomic E-state index is 10.3. The Morgan fingerprint density at radius 1 is 1.80 bits per heavy atom. The molecule has 0 spiro atoms. The number of thiol groups is 2. The lowest BCUT2D eigenvalue weighted by Crippen LogP contribution is -2.45. The van der Waals surface area contributed by atoms with Gasteiger partial charge < -0.3 is 10.8 Å². The first kappa shape index (κ1) is 10.1. The molecule has 0 aliphatic rings. The highest BCUT2D eigenvalue weighted by molar-refractivity contribution is 8.00. The van der Waals surface area contributed by atoms with Crippen LogP contribution in [0.4, 0.5) is 0 Å². The third-order valence-corrected chi connectivity index (χ3v) is 2.47. The van der Waals surface area contributed by atoms with Gasteiger partial charge in [-0.25, -0.2) is 0 Å². The number of carboxylic acid groups (broad SMARTS) is 1. The zero-order valence-electron chi connectivity index (χ0n) is 5.61. The second-order valence-corrected chi connectivity index (χ2v) is 4.00. The summed E-state index contributed by atoms with van der Waals surface area (Å²) in [6.45, 7) is 1.78. The second-order valence-electron chi connectivity index (χ2n) is 2.05. The summed E-state index contributed by atoms with van der Waals surface area (Å²) in [6, 6.07) is -1.02. The number of aliphatic carboxylic acids is 1. The van der Waals surface area contributed by atoms with Crippen LogP contribution < -0.4 is 5.73 Å². The number of hydrogen-bond donors (Lipinski definition) is 4. The number of nitrogens with two attached hydrogens (primary N) is 1. The van der Waals surface area contributed by atoms with E-state index in [1.165, 1.54) is 0 Å². The van der Waals surface area contributed by atoms with Crippen molar-refractivity contribution in [3.05, 3.63) is 0 Å². The molecule has 0 aromatic carbocycles. The summed E-state index contributed by atoms with van der Waals surface area (Å²) in [6.07, 6.45) is 0.507. The summed E-state index contributed by atoms with van der Waals surface area (Å²) in [4.78, 5) is 10.3. The highest BCUT2D eigenvalue weighted by Gasteiger charge is 2.32. The van der Waals surface area contributed by atoms with E-state index in [1.807, 2.05) is 0 Å². The van der Waals surface area contributed by atoms with Crippen LogP contribution in [0.2, 0.25) is 0 Å². The Morgan fingerprint density at radius 2 is 2.20 bits per heavy atom. The van der Waals surface area contributed by atoms with Crippen LogP contribution in [0.5, 0.6) is 0 Å². The summed E-state index contributed by atoms with van der Waals surface area (Å²) in [5, 5.41) is 8.43. The molecule has 0 rings (SSSR count). The van der Waals surface area contributed by atoms with Gasteiger partial charge in [0.15, 0.2) is 0 Å². The van der Waals surface area contributed by atoms with Crippen molar-refractivity contribution in [1.29, 1.82) is 0 Å². The molecule has 60 valence electrons. The van der Waals surface area contributed by atoms with Crippen molar-refractivity contribution >= 4 is 31.2 Å². The van der Waals surface area contributed by atoms with Gasteiger partial charge in [0.25, 0.3) is 0 Å². The number of carboxylic acids is 1. The largest absolute Gasteiger partial charge is 0.480 e. The molecular formula is C5H11NO2S2. The summed E-state index contributed by atoms with van der Waals surface area (Å²) >= 11 is 7.96. The molecule has 0 bridgehead atoms. The third-order valence-electron chi connectivity index (χ3n) is 1.28. The van der Waals surface area contributed by atoms with Gasteiger partial charge in [-0.05, 0) is 6.42 Å². The predicted octanol–water partition coefficient (Wildman–Crippen LogP) is 0.364. The second kappa shape index (κ2) is 3.50. The van der Waals surface area contributed by atoms with Crippen molar-refractivity contribution in [2.45, 2.75) is 23.5 Å². The fourth-order valence-electron chi connectivity index (χ4n) is 0.418. The van der Waals surface area contributed by atoms with E-state index in [9.17, 15) is 4.79 Å². The Hall–Kier alpha value is 0.130. The molecule has 10 heavy (non-hydrogen) atoms. The molecule has 0 aliphatic heterocycles. The lowest BCUT2D eigenvalue weighted by Gasteiger charge is -2.24. The smallest absolute Gasteiger partial charge is 0.322 e. The van der Waals surface area contributed by atoms with Gasteiger partial charge >= 0.3 is 5.97 Å². The molecule has 0 aromatic heterocycles. The molecule has 1 atom stereocenters. The van der Waals surface area contributed by atoms with Crippen LogP contribution in [0, 0.1) is 0 Å². The van der Waals surface area contributed by atoms with Crippen LogP contribution >= 0.6 is 25.3 Å². The molecule has 0 radical (unpaired) electrons. The average molecular weight is 181 g/mol. The van der Waals surface area contributed by atoms with E-state index >= 15 is 0 Å². The third kappa shape index (κ3) is 2.40. The van der Waals surface area contributed by atoms with Gasteiger partial charge in [0.05, 0.1) is 4.08 Å². The Labute approximate surface area is 70.8 Å². The Balaban J connectivity index is 4.17. The first-order chi connectivity index (χ1) is 4.41. The molecule has 3 N–H and O–H groups in total. The van der Waals surface area contributed by atoms with Crippen molar-refractivity contribution in [2.24, 2.45) is 5.73 Å². The SMILES string of the molecule is CCC(S)(S)C(N)C(=O)O. The minimum atomic E-state index is -1.08. The van der Waals surface area contributed by atoms with Crippen LogP contribution in [-0.2, 0) is 4.79 Å². The summed E-state index contributed by atoms with van der Waals surface area (Å²) in [5.74, 6) is -1.08. The molecule has 0 aliphatic carbocycles. The molecule has 5 heteroatoms. The Morgan fingerprint density at radius 3 is 2.30 bits per heavy atom. The Bertz CT molecular complexity index is 138. The first-order valence-corrected chi connectivity index (χ1v) is 3.74. The maximum absolute atomic E-state index is 10.3. The van der Waals surface area contributed by atoms with Gasteiger partial charge in [0.1, 0.15) is 6.04 Å². The highest BCUT2D eigenvalue weighted by Crippen LogP contribution is 2.26. The normalized spacial score (nSPS) is 14.8. The van der Waals surface area contributed by atoms with E-state index in [4.69, 9.17) is 10.8 Å². The monoisotopic (exact) mass is 181 g/mol. The summed E-state index contributed by atoms with van der Waals surface area (Å²) in [7, 11) is 0. The van der Waals surface area contributed by atoms with E-state index in [0.717, 1.165) is 0 Å². The summed E-state index contributed by atoms with van der Waals surface area (Å²) in [5.41, 5.74) is 5.25. The minimum Gasteiger partial charge on any atom is -0.480 e. The van der Waals surface area contributed by atoms with Crippen LogP contribution in [0.1, 0.15) is 13.3 Å². The highest BCUT2D eigenvalue weighted by atomic mass is 32.2. The van der Waals surface area contributed by atoms with Gasteiger partial charge in [0.2, 0.25) is 0 Å². The van der Waals surface area contributed by atoms with Crippen LogP contribution in [0.3, 0.4) is 0 Å². The first-order valence-electron chi connectivity index (χ1n) is 2.85. The molecule has 0 amide bonds. The van der Waals surface area contributed by atoms with E-state index in [0.29, 0.717) is 6.42 Å². The van der Waals surface area contributed by atoms with Gasteiger partial charge in [-0.1, -0.05) is 6.92 Å². The average Bonchev–Trinajstić information content (AvgIpc) is 1.86. The summed E-state index contributed by atoms with van der Waals surface area (Å²) < 4.78 is -0.911. The van der Waals surface area contributed by atoms with Gasteiger partial charge in [0, 0.05) is 0 Å². The molecule has 3 nitrogen and oxygen atoms in total. The zero-order valence-corrected chi connectivity index (χ0v) is 7.40. The van der Waals surface area contributed by atoms with Gasteiger partial charge in [-0.2, -0.15) is 25.3 Å². The lowest BCUT2D eigenvalue weighted by atomic mass is 10.1. The predicted molar refractivity (Wildman–Crippen MR) is 46.6 cm³/mol. The standard InChI is InChI=1S/C5H11NO2S2/c1-2-5(9,10)3(6)4(7)8/h3,9-10H,2,6H2,1H3,(H,7,8). The topological polar surface area (TPSA) is 63.3 Å². The van der Waals surface area contributed by atoms with E-state index < -0.39 is 16.1 Å². The van der Waals surface area contributed by atoms with Gasteiger partial charge in [-0.3, -0.25) is 4.79 Å². The van der Waals surface area contributed by atoms with E-state index in [2.05, 4.69) is 25.3 Å².